The number of rotatable bonds is 6. The number of benzene rings is 1. The van der Waals surface area contributed by atoms with Gasteiger partial charge in [0.15, 0.2) is 0 Å². The van der Waals surface area contributed by atoms with E-state index in [4.69, 9.17) is 9.84 Å². The van der Waals surface area contributed by atoms with Crippen molar-refractivity contribution in [3.8, 4) is 5.75 Å². The molecule has 0 spiro atoms. The first kappa shape index (κ1) is 15.0. The fourth-order valence-corrected chi connectivity index (χ4v) is 2.59. The molecule has 2 unspecified atom stereocenters. The second-order valence-corrected chi connectivity index (χ2v) is 4.85. The van der Waals surface area contributed by atoms with Crippen LogP contribution in [0.3, 0.4) is 0 Å². The lowest BCUT2D eigenvalue weighted by atomic mass is 9.85. The van der Waals surface area contributed by atoms with Gasteiger partial charge in [-0.25, -0.2) is 0 Å². The van der Waals surface area contributed by atoms with E-state index in [1.165, 1.54) is 16.7 Å². The topological polar surface area (TPSA) is 49.7 Å². The van der Waals surface area contributed by atoms with Crippen molar-refractivity contribution < 1.29 is 14.9 Å². The van der Waals surface area contributed by atoms with E-state index in [-0.39, 0.29) is 12.5 Å². The fourth-order valence-electron chi connectivity index (χ4n) is 2.59. The zero-order chi connectivity index (χ0) is 13.7. The van der Waals surface area contributed by atoms with Crippen molar-refractivity contribution in [2.45, 2.75) is 45.6 Å². The van der Waals surface area contributed by atoms with E-state index >= 15 is 0 Å². The van der Waals surface area contributed by atoms with Gasteiger partial charge in [0.25, 0.3) is 0 Å². The molecule has 1 rings (SSSR count). The van der Waals surface area contributed by atoms with Crippen LogP contribution < -0.4 is 4.74 Å². The third-order valence-corrected chi connectivity index (χ3v) is 3.47. The zero-order valence-electron chi connectivity index (χ0n) is 11.7. The molecule has 0 saturated heterocycles. The van der Waals surface area contributed by atoms with E-state index in [0.29, 0.717) is 6.42 Å². The molecular weight excluding hydrogens is 228 g/mol. The molecule has 1 aromatic carbocycles. The molecular formula is C15H24O3. The van der Waals surface area contributed by atoms with E-state index in [0.717, 1.165) is 12.2 Å². The molecule has 0 radical (unpaired) electrons. The second-order valence-electron chi connectivity index (χ2n) is 4.85. The third-order valence-electron chi connectivity index (χ3n) is 3.47. The van der Waals surface area contributed by atoms with Gasteiger partial charge in [-0.2, -0.15) is 0 Å². The predicted molar refractivity (Wildman–Crippen MR) is 73.2 cm³/mol. The van der Waals surface area contributed by atoms with Gasteiger partial charge in [-0.15, -0.1) is 0 Å². The van der Waals surface area contributed by atoms with Crippen molar-refractivity contribution in [3.05, 3.63) is 28.8 Å². The van der Waals surface area contributed by atoms with Crippen LogP contribution in [0.5, 0.6) is 5.75 Å². The minimum Gasteiger partial charge on any atom is -0.497 e. The number of aliphatic hydroxyl groups is 2. The predicted octanol–water partition coefficient (Wildman–Crippen LogP) is 2.55. The number of hydrogen-bond acceptors (Lipinski definition) is 3. The molecule has 3 nitrogen and oxygen atoms in total. The Kier molecular flexibility index (Phi) is 5.63. The number of aliphatic hydroxyl groups excluding tert-OH is 2. The van der Waals surface area contributed by atoms with Crippen LogP contribution in [0.2, 0.25) is 0 Å². The first-order valence-corrected chi connectivity index (χ1v) is 6.47. The summed E-state index contributed by atoms with van der Waals surface area (Å²) in [4.78, 5) is 0. The lowest BCUT2D eigenvalue weighted by Crippen LogP contribution is -2.17. The Hall–Kier alpha value is -1.06. The Labute approximate surface area is 109 Å². The second kappa shape index (κ2) is 6.76. The Morgan fingerprint density at radius 2 is 1.78 bits per heavy atom. The quantitative estimate of drug-likeness (QED) is 0.818. The molecule has 0 aliphatic carbocycles. The van der Waals surface area contributed by atoms with Gasteiger partial charge in [0, 0.05) is 0 Å². The molecule has 0 aromatic heterocycles. The first-order valence-electron chi connectivity index (χ1n) is 6.47. The van der Waals surface area contributed by atoms with E-state index in [1.807, 2.05) is 12.1 Å². The van der Waals surface area contributed by atoms with Crippen molar-refractivity contribution >= 4 is 0 Å². The highest BCUT2D eigenvalue weighted by molar-refractivity contribution is 5.43. The van der Waals surface area contributed by atoms with E-state index in [2.05, 4.69) is 20.8 Å². The molecule has 2 N–H and O–H groups in total. The Balaban J connectivity index is 3.05. The smallest absolute Gasteiger partial charge is 0.119 e. The highest BCUT2D eigenvalue weighted by Crippen LogP contribution is 2.32. The molecule has 0 bridgehead atoms. The molecule has 2 atom stereocenters. The maximum Gasteiger partial charge on any atom is 0.119 e. The van der Waals surface area contributed by atoms with Crippen LogP contribution in [-0.2, 0) is 0 Å². The summed E-state index contributed by atoms with van der Waals surface area (Å²) in [5.74, 6) is 1.14. The summed E-state index contributed by atoms with van der Waals surface area (Å²) in [5.41, 5.74) is 3.64. The molecule has 102 valence electrons. The number of methoxy groups -OCH3 is 1. The molecule has 0 saturated carbocycles. The van der Waals surface area contributed by atoms with E-state index in [1.54, 1.807) is 7.11 Å². The monoisotopic (exact) mass is 252 g/mol. The summed E-state index contributed by atoms with van der Waals surface area (Å²) in [6.45, 7) is 6.07. The summed E-state index contributed by atoms with van der Waals surface area (Å²) >= 11 is 0. The summed E-state index contributed by atoms with van der Waals surface area (Å²) in [6.07, 6.45) is 0.905. The van der Waals surface area contributed by atoms with Crippen molar-refractivity contribution in [2.24, 2.45) is 0 Å². The fraction of sp³-hybridized carbons (Fsp3) is 0.600. The SMILES string of the molecule is CCC(CC(O)CO)c1c(C)cc(OC)cc1C. The van der Waals surface area contributed by atoms with Gasteiger partial charge < -0.3 is 14.9 Å². The third kappa shape index (κ3) is 3.47. The molecule has 0 heterocycles. The highest BCUT2D eigenvalue weighted by atomic mass is 16.5. The number of hydrogen-bond donors (Lipinski definition) is 2. The standard InChI is InChI=1S/C15H24O3/c1-5-12(8-13(17)9-16)15-10(2)6-14(18-4)7-11(15)3/h6-7,12-13,16-17H,5,8-9H2,1-4H3. The maximum atomic E-state index is 9.63. The largest absolute Gasteiger partial charge is 0.497 e. The Morgan fingerprint density at radius 1 is 1.22 bits per heavy atom. The lowest BCUT2D eigenvalue weighted by molar-refractivity contribution is 0.0816. The van der Waals surface area contributed by atoms with Gasteiger partial charge in [-0.05, 0) is 61.4 Å². The van der Waals surface area contributed by atoms with E-state index < -0.39 is 6.10 Å². The zero-order valence-corrected chi connectivity index (χ0v) is 11.7. The van der Waals surface area contributed by atoms with Gasteiger partial charge in [0.2, 0.25) is 0 Å². The van der Waals surface area contributed by atoms with Crippen LogP contribution in [0, 0.1) is 13.8 Å². The van der Waals surface area contributed by atoms with Gasteiger partial charge in [-0.3, -0.25) is 0 Å². The van der Waals surface area contributed by atoms with Gasteiger partial charge in [0.1, 0.15) is 5.75 Å². The molecule has 0 fully saturated rings. The Bertz CT molecular complexity index is 364. The van der Waals surface area contributed by atoms with Crippen molar-refractivity contribution in [2.75, 3.05) is 13.7 Å². The lowest BCUT2D eigenvalue weighted by Gasteiger charge is -2.23. The van der Waals surface area contributed by atoms with Crippen LogP contribution >= 0.6 is 0 Å². The van der Waals surface area contributed by atoms with Gasteiger partial charge in [0.05, 0.1) is 19.8 Å². The van der Waals surface area contributed by atoms with Gasteiger partial charge in [-0.1, -0.05) is 6.92 Å². The van der Waals surface area contributed by atoms with Crippen LogP contribution in [0.25, 0.3) is 0 Å². The molecule has 3 heteroatoms. The minimum absolute atomic E-state index is 0.176. The molecule has 0 aliphatic heterocycles. The molecule has 1 aromatic rings. The highest BCUT2D eigenvalue weighted by Gasteiger charge is 2.18. The van der Waals surface area contributed by atoms with E-state index in [9.17, 15) is 5.11 Å². The number of aryl methyl sites for hydroxylation is 2. The van der Waals surface area contributed by atoms with Crippen LogP contribution in [0.1, 0.15) is 42.4 Å². The average Bonchev–Trinajstić information content (AvgIpc) is 2.35. The summed E-state index contributed by atoms with van der Waals surface area (Å²) in [6, 6.07) is 4.05. The summed E-state index contributed by atoms with van der Waals surface area (Å²) in [5, 5.41) is 18.6. The summed E-state index contributed by atoms with van der Waals surface area (Å²) in [7, 11) is 1.67. The van der Waals surface area contributed by atoms with Gasteiger partial charge >= 0.3 is 0 Å². The van der Waals surface area contributed by atoms with Crippen molar-refractivity contribution in [1.29, 1.82) is 0 Å². The average molecular weight is 252 g/mol. The van der Waals surface area contributed by atoms with Crippen LogP contribution in [-0.4, -0.2) is 30.0 Å². The maximum absolute atomic E-state index is 9.63. The summed E-state index contributed by atoms with van der Waals surface area (Å²) < 4.78 is 5.26. The molecule has 18 heavy (non-hydrogen) atoms. The number of ether oxygens (including phenoxy) is 1. The van der Waals surface area contributed by atoms with Crippen molar-refractivity contribution in [3.63, 3.8) is 0 Å². The minimum atomic E-state index is -0.643. The molecule has 0 aliphatic rings. The van der Waals surface area contributed by atoms with Crippen molar-refractivity contribution in [1.82, 2.24) is 0 Å². The first-order chi connectivity index (χ1) is 8.53. The molecule has 0 amide bonds. The Morgan fingerprint density at radius 3 is 2.17 bits per heavy atom. The normalized spacial score (nSPS) is 14.3. The van der Waals surface area contributed by atoms with Crippen LogP contribution in [0.4, 0.5) is 0 Å². The van der Waals surface area contributed by atoms with Crippen LogP contribution in [0.15, 0.2) is 12.1 Å².